The molecule has 0 bridgehead atoms. The minimum Gasteiger partial charge on any atom is -0.334 e. The molecule has 0 atom stereocenters. The van der Waals surface area contributed by atoms with Crippen molar-refractivity contribution in [3.63, 3.8) is 0 Å². The first-order chi connectivity index (χ1) is 12.8. The van der Waals surface area contributed by atoms with E-state index in [9.17, 15) is 4.79 Å². The van der Waals surface area contributed by atoms with E-state index in [1.165, 1.54) is 6.33 Å². The van der Waals surface area contributed by atoms with Gasteiger partial charge in [-0.1, -0.05) is 36.4 Å². The minimum atomic E-state index is -0.284. The van der Waals surface area contributed by atoms with Crippen LogP contribution in [-0.4, -0.2) is 25.8 Å². The molecule has 0 saturated carbocycles. The standard InChI is InChI=1S/C19H16N6O/c26-19(24-17-8-7-14-4-1-2-5-15(14)10-17)22-11-16-6-3-9-21-18(16)25-13-20-12-23-25/h1-10,12-13H,11H2,(H2,22,24,26). The Balaban J connectivity index is 1.44. The third-order valence-electron chi connectivity index (χ3n) is 3.95. The first kappa shape index (κ1) is 15.8. The second-order valence-electron chi connectivity index (χ2n) is 5.70. The fraction of sp³-hybridized carbons (Fsp3) is 0.0526. The van der Waals surface area contributed by atoms with Gasteiger partial charge in [-0.3, -0.25) is 0 Å². The summed E-state index contributed by atoms with van der Waals surface area (Å²) in [7, 11) is 0. The second kappa shape index (κ2) is 7.02. The van der Waals surface area contributed by atoms with Crippen LogP contribution in [0.15, 0.2) is 73.4 Å². The Morgan fingerprint density at radius 2 is 1.92 bits per heavy atom. The highest BCUT2D eigenvalue weighted by Crippen LogP contribution is 2.18. The molecule has 2 aromatic heterocycles. The number of hydrogen-bond donors (Lipinski definition) is 2. The topological polar surface area (TPSA) is 84.7 Å². The van der Waals surface area contributed by atoms with Crippen molar-refractivity contribution in [3.8, 4) is 5.82 Å². The van der Waals surface area contributed by atoms with E-state index in [1.807, 2.05) is 54.6 Å². The van der Waals surface area contributed by atoms with E-state index in [2.05, 4.69) is 25.7 Å². The maximum Gasteiger partial charge on any atom is 0.319 e. The fourth-order valence-electron chi connectivity index (χ4n) is 2.71. The average Bonchev–Trinajstić information content (AvgIpc) is 3.21. The van der Waals surface area contributed by atoms with Gasteiger partial charge in [0.1, 0.15) is 12.7 Å². The number of rotatable bonds is 4. The zero-order valence-electron chi connectivity index (χ0n) is 13.8. The molecule has 4 rings (SSSR count). The van der Waals surface area contributed by atoms with Gasteiger partial charge in [0.15, 0.2) is 5.82 Å². The lowest BCUT2D eigenvalue weighted by atomic mass is 10.1. The number of urea groups is 1. The molecule has 0 radical (unpaired) electrons. The van der Waals surface area contributed by atoms with Crippen LogP contribution >= 0.6 is 0 Å². The number of carbonyl (C=O) groups is 1. The molecule has 0 saturated heterocycles. The van der Waals surface area contributed by atoms with Crippen LogP contribution in [0.3, 0.4) is 0 Å². The predicted molar refractivity (Wildman–Crippen MR) is 99.0 cm³/mol. The van der Waals surface area contributed by atoms with E-state index in [1.54, 1.807) is 17.2 Å². The van der Waals surface area contributed by atoms with E-state index in [-0.39, 0.29) is 6.03 Å². The van der Waals surface area contributed by atoms with E-state index < -0.39 is 0 Å². The average molecular weight is 344 g/mol. The molecule has 0 aliphatic carbocycles. The zero-order chi connectivity index (χ0) is 17.8. The van der Waals surface area contributed by atoms with Crippen LogP contribution in [0.2, 0.25) is 0 Å². The van der Waals surface area contributed by atoms with Gasteiger partial charge >= 0.3 is 6.03 Å². The molecule has 4 aromatic rings. The molecule has 0 spiro atoms. The normalized spacial score (nSPS) is 10.6. The monoisotopic (exact) mass is 344 g/mol. The number of benzene rings is 2. The number of hydrogen-bond acceptors (Lipinski definition) is 4. The molecule has 2 N–H and O–H groups in total. The van der Waals surface area contributed by atoms with Gasteiger partial charge in [-0.05, 0) is 29.0 Å². The van der Waals surface area contributed by atoms with Crippen molar-refractivity contribution in [1.82, 2.24) is 25.1 Å². The first-order valence-corrected chi connectivity index (χ1v) is 8.12. The lowest BCUT2D eigenvalue weighted by molar-refractivity contribution is 0.251. The number of amides is 2. The van der Waals surface area contributed by atoms with Crippen molar-refractivity contribution in [2.45, 2.75) is 6.54 Å². The third kappa shape index (κ3) is 3.36. The van der Waals surface area contributed by atoms with Gasteiger partial charge < -0.3 is 10.6 Å². The van der Waals surface area contributed by atoms with Gasteiger partial charge in [0.2, 0.25) is 0 Å². The first-order valence-electron chi connectivity index (χ1n) is 8.12. The third-order valence-corrected chi connectivity index (χ3v) is 3.95. The molecule has 2 heterocycles. The zero-order valence-corrected chi connectivity index (χ0v) is 13.8. The Hall–Kier alpha value is -3.74. The molecule has 0 fully saturated rings. The van der Waals surface area contributed by atoms with Crippen LogP contribution in [0, 0.1) is 0 Å². The van der Waals surface area contributed by atoms with Crippen LogP contribution in [-0.2, 0) is 6.54 Å². The molecule has 0 aliphatic rings. The Labute approximate surface area is 149 Å². The number of carbonyl (C=O) groups excluding carboxylic acids is 1. The smallest absolute Gasteiger partial charge is 0.319 e. The van der Waals surface area contributed by atoms with Crippen LogP contribution < -0.4 is 10.6 Å². The predicted octanol–water partition coefficient (Wildman–Crippen LogP) is 3.14. The van der Waals surface area contributed by atoms with Gasteiger partial charge in [0, 0.05) is 24.0 Å². The Morgan fingerprint density at radius 3 is 2.77 bits per heavy atom. The number of aromatic nitrogens is 4. The molecule has 26 heavy (non-hydrogen) atoms. The quantitative estimate of drug-likeness (QED) is 0.596. The highest BCUT2D eigenvalue weighted by Gasteiger charge is 2.08. The SMILES string of the molecule is O=C(NCc1cccnc1-n1cncn1)Nc1ccc2ccccc2c1. The van der Waals surface area contributed by atoms with Crippen LogP contribution in [0.25, 0.3) is 16.6 Å². The van der Waals surface area contributed by atoms with Gasteiger partial charge in [-0.25, -0.2) is 19.4 Å². The summed E-state index contributed by atoms with van der Waals surface area (Å²) in [6.07, 6.45) is 4.69. The van der Waals surface area contributed by atoms with Crippen molar-refractivity contribution in [2.24, 2.45) is 0 Å². The van der Waals surface area contributed by atoms with Gasteiger partial charge in [-0.2, -0.15) is 5.10 Å². The molecule has 7 nitrogen and oxygen atoms in total. The molecule has 7 heteroatoms. The maximum absolute atomic E-state index is 12.2. The molecule has 128 valence electrons. The molecule has 0 aliphatic heterocycles. The maximum atomic E-state index is 12.2. The minimum absolute atomic E-state index is 0.284. The summed E-state index contributed by atoms with van der Waals surface area (Å²) in [6, 6.07) is 17.2. The molecule has 0 unspecified atom stereocenters. The fourth-order valence-corrected chi connectivity index (χ4v) is 2.71. The van der Waals surface area contributed by atoms with Gasteiger partial charge in [0.25, 0.3) is 0 Å². The molecule has 2 amide bonds. The van der Waals surface area contributed by atoms with E-state index in [0.29, 0.717) is 12.4 Å². The number of fused-ring (bicyclic) bond motifs is 1. The van der Waals surface area contributed by atoms with Crippen molar-refractivity contribution in [1.29, 1.82) is 0 Å². The van der Waals surface area contributed by atoms with Crippen molar-refractivity contribution in [2.75, 3.05) is 5.32 Å². The lowest BCUT2D eigenvalue weighted by Gasteiger charge is -2.11. The van der Waals surface area contributed by atoms with Crippen LogP contribution in [0.5, 0.6) is 0 Å². The van der Waals surface area contributed by atoms with Gasteiger partial charge in [-0.15, -0.1) is 0 Å². The lowest BCUT2D eigenvalue weighted by Crippen LogP contribution is -2.28. The summed E-state index contributed by atoms with van der Waals surface area (Å²) in [4.78, 5) is 20.5. The number of nitrogens with zero attached hydrogens (tertiary/aromatic N) is 4. The van der Waals surface area contributed by atoms with Crippen molar-refractivity contribution < 1.29 is 4.79 Å². The Kier molecular flexibility index (Phi) is 4.26. The summed E-state index contributed by atoms with van der Waals surface area (Å²) < 4.78 is 1.57. The summed E-state index contributed by atoms with van der Waals surface area (Å²) in [5.74, 6) is 0.635. The Morgan fingerprint density at radius 1 is 1.04 bits per heavy atom. The highest BCUT2D eigenvalue weighted by atomic mass is 16.2. The number of pyridine rings is 1. The summed E-state index contributed by atoms with van der Waals surface area (Å²) in [6.45, 7) is 0.322. The molecular weight excluding hydrogens is 328 g/mol. The number of anilines is 1. The largest absolute Gasteiger partial charge is 0.334 e. The van der Waals surface area contributed by atoms with Gasteiger partial charge in [0.05, 0.1) is 0 Å². The van der Waals surface area contributed by atoms with E-state index in [4.69, 9.17) is 0 Å². The van der Waals surface area contributed by atoms with E-state index >= 15 is 0 Å². The van der Waals surface area contributed by atoms with Crippen LogP contribution in [0.1, 0.15) is 5.56 Å². The summed E-state index contributed by atoms with van der Waals surface area (Å²) in [5, 5.41) is 12.0. The molecular formula is C19H16N6O. The van der Waals surface area contributed by atoms with Crippen LogP contribution in [0.4, 0.5) is 10.5 Å². The van der Waals surface area contributed by atoms with Crippen molar-refractivity contribution >= 4 is 22.5 Å². The second-order valence-corrected chi connectivity index (χ2v) is 5.70. The summed E-state index contributed by atoms with van der Waals surface area (Å²) in [5.41, 5.74) is 1.58. The summed E-state index contributed by atoms with van der Waals surface area (Å²) >= 11 is 0. The van der Waals surface area contributed by atoms with E-state index in [0.717, 1.165) is 22.0 Å². The molecule has 2 aromatic carbocycles. The Bertz CT molecular complexity index is 1040. The number of nitrogens with one attached hydrogen (secondary N) is 2. The highest BCUT2D eigenvalue weighted by molar-refractivity contribution is 5.93. The van der Waals surface area contributed by atoms with Crippen molar-refractivity contribution in [3.05, 3.63) is 79.0 Å².